The minimum absolute atomic E-state index is 0.239. The van der Waals surface area contributed by atoms with E-state index in [9.17, 15) is 5.26 Å². The van der Waals surface area contributed by atoms with Crippen LogP contribution in [0.15, 0.2) is 0 Å². The molecule has 0 aromatic carbocycles. The van der Waals surface area contributed by atoms with Gasteiger partial charge in [-0.15, -0.1) is 0 Å². The summed E-state index contributed by atoms with van der Waals surface area (Å²) in [6.45, 7) is 6.52. The molecule has 2 nitrogen and oxygen atoms in total. The summed E-state index contributed by atoms with van der Waals surface area (Å²) in [5.74, 6) is 0.856. The quantitative estimate of drug-likeness (QED) is 0.737. The first-order chi connectivity index (χ1) is 7.62. The topological polar surface area (TPSA) is 35.8 Å². The third-order valence-corrected chi connectivity index (χ3v) is 3.67. The van der Waals surface area contributed by atoms with Crippen molar-refractivity contribution in [2.75, 3.05) is 0 Å². The van der Waals surface area contributed by atoms with Gasteiger partial charge in [0, 0.05) is 6.04 Å². The van der Waals surface area contributed by atoms with E-state index in [1.807, 2.05) is 0 Å². The Morgan fingerprint density at radius 2 is 2.12 bits per heavy atom. The van der Waals surface area contributed by atoms with E-state index in [1.54, 1.807) is 0 Å². The molecule has 0 aromatic heterocycles. The number of nitrogens with zero attached hydrogens (tertiary/aromatic N) is 1. The molecule has 2 heteroatoms. The van der Waals surface area contributed by atoms with Crippen LogP contribution in [0.5, 0.6) is 0 Å². The summed E-state index contributed by atoms with van der Waals surface area (Å²) in [5.41, 5.74) is -0.239. The Balaban J connectivity index is 2.58. The number of hydrogen-bond donors (Lipinski definition) is 1. The van der Waals surface area contributed by atoms with Crippen molar-refractivity contribution in [3.05, 3.63) is 0 Å². The average Bonchev–Trinajstić information content (AvgIpc) is 2.42. The van der Waals surface area contributed by atoms with Crippen molar-refractivity contribution in [3.8, 4) is 6.07 Å². The van der Waals surface area contributed by atoms with Gasteiger partial charge in [-0.05, 0) is 39.0 Å². The van der Waals surface area contributed by atoms with Gasteiger partial charge in [0.05, 0.1) is 6.07 Å². The van der Waals surface area contributed by atoms with Gasteiger partial charge in [-0.3, -0.25) is 5.32 Å². The van der Waals surface area contributed by atoms with Crippen LogP contribution in [0, 0.1) is 17.2 Å². The highest BCUT2D eigenvalue weighted by molar-refractivity contribution is 5.08. The van der Waals surface area contributed by atoms with Crippen LogP contribution in [0.3, 0.4) is 0 Å². The highest BCUT2D eigenvalue weighted by Gasteiger charge is 2.33. The third kappa shape index (κ3) is 3.79. The van der Waals surface area contributed by atoms with Crippen LogP contribution in [0.1, 0.15) is 65.7 Å². The fourth-order valence-electron chi connectivity index (χ4n) is 2.95. The molecule has 0 aliphatic heterocycles. The second-order valence-corrected chi connectivity index (χ2v) is 5.58. The molecule has 1 aliphatic rings. The van der Waals surface area contributed by atoms with Crippen LogP contribution < -0.4 is 5.32 Å². The van der Waals surface area contributed by atoms with E-state index >= 15 is 0 Å². The van der Waals surface area contributed by atoms with E-state index < -0.39 is 0 Å². The second kappa shape index (κ2) is 6.25. The molecule has 0 amide bonds. The summed E-state index contributed by atoms with van der Waals surface area (Å²) >= 11 is 0. The smallest absolute Gasteiger partial charge is 0.106 e. The van der Waals surface area contributed by atoms with Gasteiger partial charge < -0.3 is 0 Å². The Labute approximate surface area is 100 Å². The van der Waals surface area contributed by atoms with Crippen molar-refractivity contribution < 1.29 is 0 Å². The minimum atomic E-state index is -0.239. The highest BCUT2D eigenvalue weighted by atomic mass is 15.0. The third-order valence-electron chi connectivity index (χ3n) is 3.67. The van der Waals surface area contributed by atoms with E-state index in [4.69, 9.17) is 0 Å². The maximum atomic E-state index is 9.42. The number of nitrogens with one attached hydrogen (secondary N) is 1. The molecule has 0 bridgehead atoms. The van der Waals surface area contributed by atoms with Gasteiger partial charge in [-0.1, -0.05) is 32.6 Å². The molecule has 1 N–H and O–H groups in total. The van der Waals surface area contributed by atoms with Gasteiger partial charge in [-0.2, -0.15) is 5.26 Å². The van der Waals surface area contributed by atoms with Crippen LogP contribution in [0.25, 0.3) is 0 Å². The zero-order valence-electron chi connectivity index (χ0n) is 11.1. The SMILES string of the molecule is CCCC1CCCC(C#N)(NC(C)C)CC1. The van der Waals surface area contributed by atoms with Crippen molar-refractivity contribution in [2.24, 2.45) is 5.92 Å². The normalized spacial score (nSPS) is 31.1. The molecule has 2 unspecified atom stereocenters. The van der Waals surface area contributed by atoms with Gasteiger partial charge in [-0.25, -0.2) is 0 Å². The standard InChI is InChI=1S/C14H26N2/c1-4-6-13-7-5-9-14(11-15,10-8-13)16-12(2)3/h12-13,16H,4-10H2,1-3H3. The lowest BCUT2D eigenvalue weighted by Crippen LogP contribution is -2.47. The molecule has 2 atom stereocenters. The van der Waals surface area contributed by atoms with Crippen LogP contribution in [0.2, 0.25) is 0 Å². The Hall–Kier alpha value is -0.550. The zero-order valence-corrected chi connectivity index (χ0v) is 11.1. The van der Waals surface area contributed by atoms with Crippen LogP contribution in [-0.2, 0) is 0 Å². The molecule has 1 aliphatic carbocycles. The summed E-state index contributed by atoms with van der Waals surface area (Å²) in [4.78, 5) is 0. The molecule has 16 heavy (non-hydrogen) atoms. The maximum Gasteiger partial charge on any atom is 0.106 e. The fourth-order valence-corrected chi connectivity index (χ4v) is 2.95. The molecule has 0 spiro atoms. The second-order valence-electron chi connectivity index (χ2n) is 5.58. The van der Waals surface area contributed by atoms with E-state index in [1.165, 1.54) is 32.1 Å². The first-order valence-corrected chi connectivity index (χ1v) is 6.81. The summed E-state index contributed by atoms with van der Waals surface area (Å²) in [6.07, 6.45) is 8.43. The summed E-state index contributed by atoms with van der Waals surface area (Å²) in [6, 6.07) is 2.95. The van der Waals surface area contributed by atoms with Crippen molar-refractivity contribution in [2.45, 2.75) is 77.3 Å². The average molecular weight is 222 g/mol. The molecule has 0 heterocycles. The summed E-state index contributed by atoms with van der Waals surface area (Å²) < 4.78 is 0. The zero-order chi connectivity index (χ0) is 12.0. The van der Waals surface area contributed by atoms with Crippen LogP contribution >= 0.6 is 0 Å². The van der Waals surface area contributed by atoms with Crippen LogP contribution in [-0.4, -0.2) is 11.6 Å². The lowest BCUT2D eigenvalue weighted by Gasteiger charge is -2.29. The van der Waals surface area contributed by atoms with Gasteiger partial charge in [0.2, 0.25) is 0 Å². The lowest BCUT2D eigenvalue weighted by molar-refractivity contribution is 0.329. The predicted molar refractivity (Wildman–Crippen MR) is 68.1 cm³/mol. The summed E-state index contributed by atoms with van der Waals surface area (Å²) in [5, 5.41) is 12.9. The van der Waals surface area contributed by atoms with E-state index in [0.717, 1.165) is 18.8 Å². The molecule has 1 rings (SSSR count). The first-order valence-electron chi connectivity index (χ1n) is 6.81. The molecule has 1 saturated carbocycles. The van der Waals surface area contributed by atoms with E-state index in [2.05, 4.69) is 32.2 Å². The molecule has 0 aromatic rings. The van der Waals surface area contributed by atoms with Crippen molar-refractivity contribution in [1.29, 1.82) is 5.26 Å². The fraction of sp³-hybridized carbons (Fsp3) is 0.929. The molecule has 0 saturated heterocycles. The monoisotopic (exact) mass is 222 g/mol. The predicted octanol–water partition coefficient (Wildman–Crippen LogP) is 3.63. The van der Waals surface area contributed by atoms with Crippen LogP contribution in [0.4, 0.5) is 0 Å². The first kappa shape index (κ1) is 13.5. The molecular formula is C14H26N2. The summed E-state index contributed by atoms with van der Waals surface area (Å²) in [7, 11) is 0. The Bertz CT molecular complexity index is 242. The van der Waals surface area contributed by atoms with Gasteiger partial charge in [0.1, 0.15) is 5.54 Å². The van der Waals surface area contributed by atoms with Crippen molar-refractivity contribution in [1.82, 2.24) is 5.32 Å². The van der Waals surface area contributed by atoms with Gasteiger partial charge >= 0.3 is 0 Å². The highest BCUT2D eigenvalue weighted by Crippen LogP contribution is 2.32. The molecular weight excluding hydrogens is 196 g/mol. The maximum absolute atomic E-state index is 9.42. The minimum Gasteiger partial charge on any atom is -0.297 e. The number of rotatable bonds is 4. The van der Waals surface area contributed by atoms with E-state index in [-0.39, 0.29) is 5.54 Å². The molecule has 92 valence electrons. The molecule has 1 fully saturated rings. The largest absolute Gasteiger partial charge is 0.297 e. The number of hydrogen-bond acceptors (Lipinski definition) is 2. The molecule has 0 radical (unpaired) electrons. The van der Waals surface area contributed by atoms with Crippen molar-refractivity contribution >= 4 is 0 Å². The van der Waals surface area contributed by atoms with Crippen molar-refractivity contribution in [3.63, 3.8) is 0 Å². The Morgan fingerprint density at radius 3 is 2.69 bits per heavy atom. The lowest BCUT2D eigenvalue weighted by atomic mass is 9.89. The van der Waals surface area contributed by atoms with Gasteiger partial charge in [0.25, 0.3) is 0 Å². The van der Waals surface area contributed by atoms with Gasteiger partial charge in [0.15, 0.2) is 0 Å². The Morgan fingerprint density at radius 1 is 1.38 bits per heavy atom. The number of nitriles is 1. The Kier molecular flexibility index (Phi) is 5.28. The van der Waals surface area contributed by atoms with E-state index in [0.29, 0.717) is 6.04 Å².